The second kappa shape index (κ2) is 9.72. The van der Waals surface area contributed by atoms with Crippen molar-refractivity contribution in [3.05, 3.63) is 71.3 Å². The van der Waals surface area contributed by atoms with Crippen molar-refractivity contribution in [3.8, 4) is 0 Å². The van der Waals surface area contributed by atoms with Gasteiger partial charge in [-0.25, -0.2) is 24.6 Å². The van der Waals surface area contributed by atoms with E-state index in [1.54, 1.807) is 12.1 Å². The van der Waals surface area contributed by atoms with E-state index in [1.165, 1.54) is 36.4 Å². The first-order valence-electron chi connectivity index (χ1n) is 10.7. The highest BCUT2D eigenvalue weighted by Crippen LogP contribution is 2.25. The number of rotatable bonds is 5. The molecule has 9 heteroatoms. The molecule has 3 atom stereocenters. The number of hydrazine groups is 1. The van der Waals surface area contributed by atoms with Crippen LogP contribution in [0.3, 0.4) is 0 Å². The van der Waals surface area contributed by atoms with Gasteiger partial charge >= 0.3 is 0 Å². The molecule has 0 aromatic heterocycles. The lowest BCUT2D eigenvalue weighted by atomic mass is 10.0. The minimum absolute atomic E-state index is 0.0380. The van der Waals surface area contributed by atoms with Crippen LogP contribution >= 0.6 is 0 Å². The first kappa shape index (κ1) is 22.3. The van der Waals surface area contributed by atoms with Crippen LogP contribution in [0.2, 0.25) is 0 Å². The number of nitrogens with zero attached hydrogens (tertiary/aromatic N) is 1. The van der Waals surface area contributed by atoms with Crippen LogP contribution in [0.5, 0.6) is 0 Å². The maximum absolute atomic E-state index is 13.5. The number of benzene rings is 2. The molecular formula is C23H27F2N5O2. The number of aliphatic imine (C=N–C) groups is 1. The van der Waals surface area contributed by atoms with Gasteiger partial charge < -0.3 is 10.1 Å². The first-order valence-corrected chi connectivity index (χ1v) is 10.7. The number of carbonyl (C=O) groups is 1. The van der Waals surface area contributed by atoms with Gasteiger partial charge in [0.1, 0.15) is 11.6 Å². The van der Waals surface area contributed by atoms with Crippen LogP contribution in [0.25, 0.3) is 0 Å². The van der Waals surface area contributed by atoms with E-state index in [9.17, 15) is 13.6 Å². The SMILES string of the molecule is CC1(CN=C(NC(=O)c2cccc(F)c2)NC2CC(c3ccc(F)cc3)NN2)CCCO1. The molecule has 2 aromatic rings. The van der Waals surface area contributed by atoms with Gasteiger partial charge in [-0.1, -0.05) is 18.2 Å². The molecule has 2 heterocycles. The third kappa shape index (κ3) is 5.67. The highest BCUT2D eigenvalue weighted by Gasteiger charge is 2.30. The number of ether oxygens (including phenoxy) is 1. The summed E-state index contributed by atoms with van der Waals surface area (Å²) in [5.41, 5.74) is 7.06. The summed E-state index contributed by atoms with van der Waals surface area (Å²) in [6.45, 7) is 3.06. The van der Waals surface area contributed by atoms with E-state index in [0.29, 0.717) is 19.6 Å². The second-order valence-corrected chi connectivity index (χ2v) is 8.36. The Morgan fingerprint density at radius 3 is 2.72 bits per heavy atom. The predicted molar refractivity (Wildman–Crippen MR) is 117 cm³/mol. The minimum atomic E-state index is -0.486. The van der Waals surface area contributed by atoms with Gasteiger partial charge in [0.25, 0.3) is 5.91 Å². The van der Waals surface area contributed by atoms with Crippen molar-refractivity contribution in [2.75, 3.05) is 13.2 Å². The Bertz CT molecular complexity index is 977. The van der Waals surface area contributed by atoms with Crippen LogP contribution < -0.4 is 21.5 Å². The maximum Gasteiger partial charge on any atom is 0.258 e. The lowest BCUT2D eigenvalue weighted by Crippen LogP contribution is -2.51. The van der Waals surface area contributed by atoms with E-state index < -0.39 is 11.7 Å². The molecule has 4 N–H and O–H groups in total. The Balaban J connectivity index is 1.45. The zero-order valence-electron chi connectivity index (χ0n) is 17.8. The van der Waals surface area contributed by atoms with Crippen molar-refractivity contribution in [1.29, 1.82) is 0 Å². The molecule has 7 nitrogen and oxygen atoms in total. The number of amides is 1. The summed E-state index contributed by atoms with van der Waals surface area (Å²) in [7, 11) is 0. The fourth-order valence-corrected chi connectivity index (χ4v) is 3.87. The first-order chi connectivity index (χ1) is 15.4. The van der Waals surface area contributed by atoms with Gasteiger partial charge in [0.15, 0.2) is 5.96 Å². The van der Waals surface area contributed by atoms with Crippen LogP contribution in [-0.4, -0.2) is 36.8 Å². The maximum atomic E-state index is 13.5. The van der Waals surface area contributed by atoms with Crippen molar-refractivity contribution in [1.82, 2.24) is 21.5 Å². The molecule has 1 amide bonds. The van der Waals surface area contributed by atoms with Crippen LogP contribution in [0, 0.1) is 11.6 Å². The van der Waals surface area contributed by atoms with Crippen LogP contribution in [-0.2, 0) is 4.74 Å². The second-order valence-electron chi connectivity index (χ2n) is 8.36. The molecule has 0 aliphatic carbocycles. The Morgan fingerprint density at radius 1 is 1.19 bits per heavy atom. The number of hydrogen-bond donors (Lipinski definition) is 4. The molecule has 0 spiro atoms. The highest BCUT2D eigenvalue weighted by molar-refractivity contribution is 6.05. The van der Waals surface area contributed by atoms with E-state index in [-0.39, 0.29) is 35.1 Å². The monoisotopic (exact) mass is 443 g/mol. The van der Waals surface area contributed by atoms with E-state index >= 15 is 0 Å². The average Bonchev–Trinajstić information content (AvgIpc) is 3.42. The minimum Gasteiger partial charge on any atom is -0.373 e. The standard InChI is InChI=1S/C23H27F2N5O2/c1-23(10-3-11-32-23)14-26-22(28-21(31)16-4-2-5-18(25)12-16)27-20-13-19(29-30-20)15-6-8-17(24)9-7-15/h2,4-9,12,19-20,29-30H,3,10-11,13-14H2,1H3,(H2,26,27,28,31). The summed E-state index contributed by atoms with van der Waals surface area (Å²) in [4.78, 5) is 17.2. The Hall–Kier alpha value is -2.88. The molecule has 0 bridgehead atoms. The van der Waals surface area contributed by atoms with Crippen molar-refractivity contribution in [2.24, 2.45) is 4.99 Å². The Labute approximate surface area is 185 Å². The zero-order valence-corrected chi connectivity index (χ0v) is 17.8. The molecule has 2 aliphatic rings. The van der Waals surface area contributed by atoms with E-state index in [0.717, 1.165) is 18.4 Å². The topological polar surface area (TPSA) is 86.8 Å². The molecule has 0 radical (unpaired) electrons. The fourth-order valence-electron chi connectivity index (χ4n) is 3.87. The largest absolute Gasteiger partial charge is 0.373 e. The quantitative estimate of drug-likeness (QED) is 0.422. The van der Waals surface area contributed by atoms with Gasteiger partial charge in [-0.2, -0.15) is 0 Å². The molecule has 2 aliphatic heterocycles. The molecule has 2 saturated heterocycles. The molecule has 4 rings (SSSR count). The van der Waals surface area contributed by atoms with Gasteiger partial charge in [0.2, 0.25) is 0 Å². The van der Waals surface area contributed by atoms with Crippen molar-refractivity contribution in [3.63, 3.8) is 0 Å². The third-order valence-electron chi connectivity index (χ3n) is 5.68. The van der Waals surface area contributed by atoms with E-state index in [2.05, 4.69) is 26.5 Å². The average molecular weight is 443 g/mol. The molecular weight excluding hydrogens is 416 g/mol. The highest BCUT2D eigenvalue weighted by atomic mass is 19.1. The molecule has 170 valence electrons. The van der Waals surface area contributed by atoms with Crippen molar-refractivity contribution < 1.29 is 18.3 Å². The Kier molecular flexibility index (Phi) is 6.78. The van der Waals surface area contributed by atoms with Crippen LogP contribution in [0.1, 0.15) is 48.1 Å². The molecule has 2 fully saturated rings. The van der Waals surface area contributed by atoms with Gasteiger partial charge in [0, 0.05) is 24.6 Å². The van der Waals surface area contributed by atoms with Gasteiger partial charge in [0.05, 0.1) is 18.3 Å². The zero-order chi connectivity index (χ0) is 22.6. The van der Waals surface area contributed by atoms with Gasteiger partial charge in [-0.15, -0.1) is 0 Å². The van der Waals surface area contributed by atoms with Gasteiger partial charge in [-0.3, -0.25) is 10.1 Å². The third-order valence-corrected chi connectivity index (χ3v) is 5.68. The number of guanidine groups is 1. The normalized spacial score (nSPS) is 25.7. The molecule has 2 aromatic carbocycles. The fraction of sp³-hybridized carbons (Fsp3) is 0.391. The lowest BCUT2D eigenvalue weighted by Gasteiger charge is -2.22. The van der Waals surface area contributed by atoms with Crippen molar-refractivity contribution >= 4 is 11.9 Å². The number of carbonyl (C=O) groups excluding carboxylic acids is 1. The smallest absolute Gasteiger partial charge is 0.258 e. The number of halogens is 2. The van der Waals surface area contributed by atoms with Gasteiger partial charge in [-0.05, 0) is 55.7 Å². The summed E-state index contributed by atoms with van der Waals surface area (Å²) in [5, 5.41) is 5.96. The molecule has 32 heavy (non-hydrogen) atoms. The van der Waals surface area contributed by atoms with E-state index in [4.69, 9.17) is 4.74 Å². The summed E-state index contributed by atoms with van der Waals surface area (Å²) >= 11 is 0. The number of hydrogen-bond acceptors (Lipinski definition) is 5. The lowest BCUT2D eigenvalue weighted by molar-refractivity contribution is 0.0283. The number of nitrogens with one attached hydrogen (secondary N) is 4. The summed E-state index contributed by atoms with van der Waals surface area (Å²) < 4.78 is 32.6. The van der Waals surface area contributed by atoms with E-state index in [1.807, 2.05) is 6.92 Å². The predicted octanol–water partition coefficient (Wildman–Crippen LogP) is 2.77. The Morgan fingerprint density at radius 2 is 2.00 bits per heavy atom. The van der Waals surface area contributed by atoms with Crippen LogP contribution in [0.15, 0.2) is 53.5 Å². The molecule has 3 unspecified atom stereocenters. The molecule has 0 saturated carbocycles. The van der Waals surface area contributed by atoms with Crippen LogP contribution in [0.4, 0.5) is 8.78 Å². The summed E-state index contributed by atoms with van der Waals surface area (Å²) in [6.07, 6.45) is 2.25. The van der Waals surface area contributed by atoms with Crippen molar-refractivity contribution in [2.45, 2.75) is 44.0 Å². The summed E-state index contributed by atoms with van der Waals surface area (Å²) in [6, 6.07) is 11.8. The summed E-state index contributed by atoms with van der Waals surface area (Å²) in [5.74, 6) is -0.962.